The Hall–Kier alpha value is -1.72. The third-order valence-electron chi connectivity index (χ3n) is 4.37. The van der Waals surface area contributed by atoms with E-state index in [9.17, 15) is 9.50 Å². The van der Waals surface area contributed by atoms with Gasteiger partial charge >= 0.3 is 0 Å². The third kappa shape index (κ3) is 1.57. The summed E-state index contributed by atoms with van der Waals surface area (Å²) in [7, 11) is 0. The molecule has 0 saturated carbocycles. The fourth-order valence-corrected chi connectivity index (χ4v) is 3.47. The Morgan fingerprint density at radius 2 is 2.30 bits per heavy atom. The molecule has 1 aromatic carbocycles. The molecule has 1 unspecified atom stereocenters. The highest BCUT2D eigenvalue weighted by Crippen LogP contribution is 2.46. The zero-order valence-corrected chi connectivity index (χ0v) is 10.9. The van der Waals surface area contributed by atoms with Gasteiger partial charge in [0.1, 0.15) is 5.82 Å². The van der Waals surface area contributed by atoms with E-state index in [1.54, 1.807) is 18.6 Å². The number of nitrogens with zero attached hydrogens (tertiary/aromatic N) is 2. The summed E-state index contributed by atoms with van der Waals surface area (Å²) >= 11 is 0. The van der Waals surface area contributed by atoms with Crippen molar-refractivity contribution in [1.29, 1.82) is 0 Å². The maximum absolute atomic E-state index is 14.2. The minimum atomic E-state index is -0.529. The van der Waals surface area contributed by atoms with E-state index in [0.29, 0.717) is 18.8 Å². The van der Waals surface area contributed by atoms with Gasteiger partial charge in [-0.3, -0.25) is 0 Å². The summed E-state index contributed by atoms with van der Waals surface area (Å²) in [4.78, 5) is 4.14. The molecule has 1 aromatic heterocycles. The molecule has 5 heteroatoms. The second-order valence-electron chi connectivity index (χ2n) is 5.43. The van der Waals surface area contributed by atoms with Crippen molar-refractivity contribution in [2.75, 3.05) is 13.2 Å². The molecule has 1 saturated heterocycles. The molecule has 4 nitrogen and oxygen atoms in total. The first-order chi connectivity index (χ1) is 9.77. The van der Waals surface area contributed by atoms with Crippen LogP contribution in [-0.2, 0) is 4.74 Å². The standard InChI is InChI=1S/C15H15FN2O2/c16-11-3-1-2-10-14(11)12-6-17-8-18(12)15(10)9-4-5-20-7-13(9)19/h1-3,6,8-9,13,15,19H,4-5,7H2/t9-,13-,15?/m0/s1. The van der Waals surface area contributed by atoms with Crippen LogP contribution >= 0.6 is 0 Å². The second kappa shape index (κ2) is 4.40. The highest BCUT2D eigenvalue weighted by molar-refractivity contribution is 5.69. The van der Waals surface area contributed by atoms with Gasteiger partial charge in [0.15, 0.2) is 0 Å². The van der Waals surface area contributed by atoms with E-state index in [-0.39, 0.29) is 17.8 Å². The fraction of sp³-hybridized carbons (Fsp3) is 0.400. The predicted octanol–water partition coefficient (Wildman–Crippen LogP) is 1.99. The number of hydrogen-bond acceptors (Lipinski definition) is 3. The molecule has 0 amide bonds. The van der Waals surface area contributed by atoms with Gasteiger partial charge in [0.2, 0.25) is 0 Å². The summed E-state index contributed by atoms with van der Waals surface area (Å²) in [6.45, 7) is 0.975. The second-order valence-corrected chi connectivity index (χ2v) is 5.43. The van der Waals surface area contributed by atoms with Crippen LogP contribution in [0.3, 0.4) is 0 Å². The van der Waals surface area contributed by atoms with E-state index in [4.69, 9.17) is 4.74 Å². The Morgan fingerprint density at radius 3 is 3.15 bits per heavy atom. The van der Waals surface area contributed by atoms with Crippen LogP contribution in [0.25, 0.3) is 11.3 Å². The average molecular weight is 274 g/mol. The minimum absolute atomic E-state index is 0.0275. The number of rotatable bonds is 1. The van der Waals surface area contributed by atoms with Gasteiger partial charge in [-0.25, -0.2) is 9.37 Å². The highest BCUT2D eigenvalue weighted by Gasteiger charge is 2.40. The van der Waals surface area contributed by atoms with Crippen LogP contribution in [0.5, 0.6) is 0 Å². The molecule has 2 aliphatic heterocycles. The monoisotopic (exact) mass is 274 g/mol. The number of aliphatic hydroxyl groups is 1. The number of fused-ring (bicyclic) bond motifs is 3. The maximum atomic E-state index is 14.2. The van der Waals surface area contributed by atoms with E-state index in [2.05, 4.69) is 4.98 Å². The van der Waals surface area contributed by atoms with Gasteiger partial charge in [0.25, 0.3) is 0 Å². The van der Waals surface area contributed by atoms with Crippen molar-refractivity contribution in [2.24, 2.45) is 5.92 Å². The van der Waals surface area contributed by atoms with Crippen molar-refractivity contribution in [3.63, 3.8) is 0 Å². The Bertz CT molecular complexity index is 655. The third-order valence-corrected chi connectivity index (χ3v) is 4.37. The lowest BCUT2D eigenvalue weighted by atomic mass is 9.85. The maximum Gasteiger partial charge on any atom is 0.132 e. The van der Waals surface area contributed by atoms with Crippen LogP contribution in [0, 0.1) is 11.7 Å². The van der Waals surface area contributed by atoms with E-state index in [0.717, 1.165) is 17.7 Å². The van der Waals surface area contributed by atoms with Crippen molar-refractivity contribution in [1.82, 2.24) is 9.55 Å². The van der Waals surface area contributed by atoms with Gasteiger partial charge < -0.3 is 14.4 Å². The van der Waals surface area contributed by atoms with Crippen LogP contribution in [0.2, 0.25) is 0 Å². The lowest BCUT2D eigenvalue weighted by molar-refractivity contribution is -0.0540. The summed E-state index contributed by atoms with van der Waals surface area (Å²) in [5.41, 5.74) is 2.35. The minimum Gasteiger partial charge on any atom is -0.390 e. The molecule has 2 aromatic rings. The number of hydrogen-bond donors (Lipinski definition) is 1. The van der Waals surface area contributed by atoms with Crippen molar-refractivity contribution >= 4 is 0 Å². The molecule has 1 fully saturated rings. The van der Waals surface area contributed by atoms with Crippen molar-refractivity contribution in [2.45, 2.75) is 18.6 Å². The van der Waals surface area contributed by atoms with Gasteiger partial charge in [-0.2, -0.15) is 0 Å². The van der Waals surface area contributed by atoms with E-state index >= 15 is 0 Å². The molecule has 2 aliphatic rings. The molecule has 1 N–H and O–H groups in total. The molecule has 104 valence electrons. The van der Waals surface area contributed by atoms with E-state index < -0.39 is 6.10 Å². The fourth-order valence-electron chi connectivity index (χ4n) is 3.47. The smallest absolute Gasteiger partial charge is 0.132 e. The zero-order chi connectivity index (χ0) is 13.7. The predicted molar refractivity (Wildman–Crippen MR) is 70.7 cm³/mol. The SMILES string of the molecule is O[C@H]1COCC[C@@H]1C1c2cccc(F)c2-c2cncn21. The Balaban J connectivity index is 1.87. The summed E-state index contributed by atoms with van der Waals surface area (Å²) < 4.78 is 21.4. The molecular weight excluding hydrogens is 259 g/mol. The Kier molecular flexibility index (Phi) is 2.65. The Labute approximate surface area is 115 Å². The van der Waals surface area contributed by atoms with Crippen LogP contribution in [-0.4, -0.2) is 34.0 Å². The first-order valence-corrected chi connectivity index (χ1v) is 6.84. The van der Waals surface area contributed by atoms with Crippen molar-refractivity contribution in [3.8, 4) is 11.3 Å². The number of aromatic nitrogens is 2. The first-order valence-electron chi connectivity index (χ1n) is 6.84. The van der Waals surface area contributed by atoms with Crippen molar-refractivity contribution in [3.05, 3.63) is 42.1 Å². The summed E-state index contributed by atoms with van der Waals surface area (Å²) in [5, 5.41) is 10.2. The van der Waals surface area contributed by atoms with Gasteiger partial charge in [0, 0.05) is 18.1 Å². The largest absolute Gasteiger partial charge is 0.390 e. The summed E-state index contributed by atoms with van der Waals surface area (Å²) in [6.07, 6.45) is 3.65. The van der Waals surface area contributed by atoms with Crippen LogP contribution in [0.1, 0.15) is 18.0 Å². The first kappa shape index (κ1) is 12.1. The van der Waals surface area contributed by atoms with Crippen molar-refractivity contribution < 1.29 is 14.2 Å². The zero-order valence-electron chi connectivity index (χ0n) is 10.9. The summed E-state index contributed by atoms with van der Waals surface area (Å²) in [6, 6.07) is 5.08. The molecule has 3 atom stereocenters. The number of aliphatic hydroxyl groups excluding tert-OH is 1. The normalized spacial score (nSPS) is 28.2. The van der Waals surface area contributed by atoms with Crippen LogP contribution < -0.4 is 0 Å². The van der Waals surface area contributed by atoms with Gasteiger partial charge in [-0.05, 0) is 18.1 Å². The van der Waals surface area contributed by atoms with Crippen LogP contribution in [0.4, 0.5) is 4.39 Å². The number of halogens is 1. The van der Waals surface area contributed by atoms with Gasteiger partial charge in [-0.15, -0.1) is 0 Å². The van der Waals surface area contributed by atoms with E-state index in [1.807, 2.05) is 10.6 Å². The van der Waals surface area contributed by atoms with Gasteiger partial charge in [-0.1, -0.05) is 12.1 Å². The Morgan fingerprint density at radius 1 is 1.40 bits per heavy atom. The number of imidazole rings is 1. The highest BCUT2D eigenvalue weighted by atomic mass is 19.1. The molecule has 0 aliphatic carbocycles. The van der Waals surface area contributed by atoms with Crippen LogP contribution in [0.15, 0.2) is 30.7 Å². The quantitative estimate of drug-likeness (QED) is 0.865. The lowest BCUT2D eigenvalue weighted by Gasteiger charge is -2.33. The number of benzene rings is 1. The van der Waals surface area contributed by atoms with E-state index in [1.165, 1.54) is 6.07 Å². The lowest BCUT2D eigenvalue weighted by Crippen LogP contribution is -2.37. The molecular formula is C15H15FN2O2. The molecule has 0 spiro atoms. The summed E-state index contributed by atoms with van der Waals surface area (Å²) in [5.74, 6) is -0.201. The topological polar surface area (TPSA) is 47.3 Å². The molecule has 0 bridgehead atoms. The molecule has 3 heterocycles. The molecule has 4 rings (SSSR count). The van der Waals surface area contributed by atoms with Gasteiger partial charge in [0.05, 0.1) is 37.0 Å². The molecule has 20 heavy (non-hydrogen) atoms. The molecule has 0 radical (unpaired) electrons. The average Bonchev–Trinajstić information content (AvgIpc) is 3.00. The number of ether oxygens (including phenoxy) is 1.